The molecule has 96 valence electrons. The zero-order valence-corrected chi connectivity index (χ0v) is 10.1. The number of hydrogen-bond acceptors (Lipinski definition) is 4. The summed E-state index contributed by atoms with van der Waals surface area (Å²) < 4.78 is 5.10. The molecule has 0 aromatic carbocycles. The molecule has 2 amide bonds. The first-order valence-corrected chi connectivity index (χ1v) is 5.64. The molecule has 1 fully saturated rings. The fourth-order valence-electron chi connectivity index (χ4n) is 1.59. The molecule has 0 saturated carbocycles. The van der Waals surface area contributed by atoms with Gasteiger partial charge in [-0.15, -0.1) is 0 Å². The molecular formula is C11H18N2O4. The Morgan fingerprint density at radius 3 is 2.71 bits per heavy atom. The van der Waals surface area contributed by atoms with Crippen molar-refractivity contribution in [3.8, 4) is 0 Å². The quantitative estimate of drug-likeness (QED) is 0.670. The van der Waals surface area contributed by atoms with Gasteiger partial charge in [0.05, 0.1) is 6.10 Å². The van der Waals surface area contributed by atoms with Crippen molar-refractivity contribution < 1.29 is 19.1 Å². The SMILES string of the molecule is C[C@@H](CCC(=O)NC1C(=O)CO[C@@H]1C)C(N)=O. The molecule has 0 aliphatic carbocycles. The zero-order chi connectivity index (χ0) is 13.0. The third-order valence-corrected chi connectivity index (χ3v) is 2.91. The molecule has 17 heavy (non-hydrogen) atoms. The lowest BCUT2D eigenvalue weighted by Crippen LogP contribution is -2.43. The molecule has 0 spiro atoms. The van der Waals surface area contributed by atoms with Crippen molar-refractivity contribution >= 4 is 17.6 Å². The number of carbonyl (C=O) groups excluding carboxylic acids is 3. The van der Waals surface area contributed by atoms with Gasteiger partial charge >= 0.3 is 0 Å². The molecule has 1 aliphatic heterocycles. The summed E-state index contributed by atoms with van der Waals surface area (Å²) in [6.07, 6.45) is 0.276. The normalized spacial score (nSPS) is 25.6. The number of nitrogens with one attached hydrogen (secondary N) is 1. The lowest BCUT2D eigenvalue weighted by Gasteiger charge is -2.15. The number of hydrogen-bond donors (Lipinski definition) is 2. The number of nitrogens with two attached hydrogens (primary N) is 1. The summed E-state index contributed by atoms with van der Waals surface area (Å²) in [5.74, 6) is -1.14. The van der Waals surface area contributed by atoms with Crippen molar-refractivity contribution in [2.45, 2.75) is 38.8 Å². The van der Waals surface area contributed by atoms with Gasteiger partial charge in [-0.05, 0) is 13.3 Å². The van der Waals surface area contributed by atoms with Gasteiger partial charge in [0.2, 0.25) is 11.8 Å². The van der Waals surface area contributed by atoms with Crippen LogP contribution in [0.5, 0.6) is 0 Å². The third-order valence-electron chi connectivity index (χ3n) is 2.91. The zero-order valence-electron chi connectivity index (χ0n) is 10.1. The number of carbonyl (C=O) groups is 3. The van der Waals surface area contributed by atoms with Crippen LogP contribution in [0.1, 0.15) is 26.7 Å². The molecule has 3 N–H and O–H groups in total. The van der Waals surface area contributed by atoms with Crippen LogP contribution in [0.4, 0.5) is 0 Å². The molecule has 0 aromatic heterocycles. The molecule has 1 unspecified atom stereocenters. The largest absolute Gasteiger partial charge is 0.369 e. The summed E-state index contributed by atoms with van der Waals surface area (Å²) >= 11 is 0. The summed E-state index contributed by atoms with van der Waals surface area (Å²) in [4.78, 5) is 33.7. The first-order chi connectivity index (χ1) is 7.91. The van der Waals surface area contributed by atoms with Crippen molar-refractivity contribution in [3.05, 3.63) is 0 Å². The smallest absolute Gasteiger partial charge is 0.220 e. The maximum absolute atomic E-state index is 11.5. The average molecular weight is 242 g/mol. The van der Waals surface area contributed by atoms with Crippen molar-refractivity contribution in [2.75, 3.05) is 6.61 Å². The lowest BCUT2D eigenvalue weighted by molar-refractivity contribution is -0.127. The summed E-state index contributed by atoms with van der Waals surface area (Å²) in [5.41, 5.74) is 5.09. The van der Waals surface area contributed by atoms with E-state index in [2.05, 4.69) is 5.32 Å². The second-order valence-corrected chi connectivity index (χ2v) is 4.37. The molecule has 0 bridgehead atoms. The van der Waals surface area contributed by atoms with E-state index in [1.165, 1.54) is 0 Å². The monoisotopic (exact) mass is 242 g/mol. The Balaban J connectivity index is 2.34. The Kier molecular flexibility index (Phi) is 4.62. The first kappa shape index (κ1) is 13.6. The maximum Gasteiger partial charge on any atom is 0.220 e. The molecular weight excluding hydrogens is 224 g/mol. The van der Waals surface area contributed by atoms with E-state index >= 15 is 0 Å². The first-order valence-electron chi connectivity index (χ1n) is 5.64. The fraction of sp³-hybridized carbons (Fsp3) is 0.727. The Labute approximate surface area is 99.9 Å². The van der Waals surface area contributed by atoms with E-state index in [1.807, 2.05) is 0 Å². The van der Waals surface area contributed by atoms with Crippen LogP contribution >= 0.6 is 0 Å². The number of ether oxygens (including phenoxy) is 1. The Morgan fingerprint density at radius 2 is 2.24 bits per heavy atom. The highest BCUT2D eigenvalue weighted by Gasteiger charge is 2.33. The topological polar surface area (TPSA) is 98.5 Å². The molecule has 0 radical (unpaired) electrons. The van der Waals surface area contributed by atoms with E-state index in [-0.39, 0.29) is 36.7 Å². The average Bonchev–Trinajstić information content (AvgIpc) is 2.57. The van der Waals surface area contributed by atoms with Gasteiger partial charge in [0.1, 0.15) is 12.6 Å². The van der Waals surface area contributed by atoms with Crippen LogP contribution in [0.2, 0.25) is 0 Å². The van der Waals surface area contributed by atoms with Crippen LogP contribution < -0.4 is 11.1 Å². The molecule has 0 aromatic rings. The molecule has 1 aliphatic rings. The molecule has 6 nitrogen and oxygen atoms in total. The number of amides is 2. The Morgan fingerprint density at radius 1 is 1.59 bits per heavy atom. The van der Waals surface area contributed by atoms with E-state index < -0.39 is 11.9 Å². The van der Waals surface area contributed by atoms with Gasteiger partial charge < -0.3 is 15.8 Å². The van der Waals surface area contributed by atoms with Crippen molar-refractivity contribution in [3.63, 3.8) is 0 Å². The lowest BCUT2D eigenvalue weighted by atomic mass is 10.0. The van der Waals surface area contributed by atoms with Gasteiger partial charge in [-0.2, -0.15) is 0 Å². The minimum Gasteiger partial charge on any atom is -0.369 e. The minimum atomic E-state index is -0.564. The number of rotatable bonds is 5. The fourth-order valence-corrected chi connectivity index (χ4v) is 1.59. The van der Waals surface area contributed by atoms with E-state index in [0.29, 0.717) is 6.42 Å². The number of primary amides is 1. The summed E-state index contributed by atoms with van der Waals surface area (Å²) in [7, 11) is 0. The van der Waals surface area contributed by atoms with Crippen molar-refractivity contribution in [2.24, 2.45) is 11.7 Å². The van der Waals surface area contributed by atoms with Crippen LogP contribution in [-0.2, 0) is 19.1 Å². The molecule has 3 atom stereocenters. The van der Waals surface area contributed by atoms with Crippen LogP contribution in [-0.4, -0.2) is 36.4 Å². The van der Waals surface area contributed by atoms with E-state index in [4.69, 9.17) is 10.5 Å². The van der Waals surface area contributed by atoms with Gasteiger partial charge in [0.15, 0.2) is 5.78 Å². The highest BCUT2D eigenvalue weighted by atomic mass is 16.5. The van der Waals surface area contributed by atoms with Gasteiger partial charge in [0, 0.05) is 12.3 Å². The van der Waals surface area contributed by atoms with Crippen LogP contribution in [0.3, 0.4) is 0 Å². The second-order valence-electron chi connectivity index (χ2n) is 4.37. The summed E-state index contributed by atoms with van der Waals surface area (Å²) in [5, 5.41) is 2.61. The predicted molar refractivity (Wildman–Crippen MR) is 59.9 cm³/mol. The van der Waals surface area contributed by atoms with Crippen LogP contribution in [0, 0.1) is 5.92 Å². The highest BCUT2D eigenvalue weighted by molar-refractivity contribution is 5.91. The maximum atomic E-state index is 11.5. The van der Waals surface area contributed by atoms with Gasteiger partial charge in [-0.3, -0.25) is 14.4 Å². The molecule has 1 rings (SSSR count). The molecule has 1 saturated heterocycles. The van der Waals surface area contributed by atoms with Crippen molar-refractivity contribution in [1.29, 1.82) is 0 Å². The minimum absolute atomic E-state index is 0.0454. The standard InChI is InChI=1S/C11H18N2O4/c1-6(11(12)16)3-4-9(15)13-10-7(2)17-5-8(10)14/h6-7,10H,3-5H2,1-2H3,(H2,12,16)(H,13,15)/t6-,7+,10?/m0/s1. The third kappa shape index (κ3) is 3.81. The number of Topliss-reactive ketones (excluding diaryl/α,β-unsaturated/α-hetero) is 1. The van der Waals surface area contributed by atoms with E-state index in [1.54, 1.807) is 13.8 Å². The molecule has 6 heteroatoms. The van der Waals surface area contributed by atoms with Crippen LogP contribution in [0.15, 0.2) is 0 Å². The van der Waals surface area contributed by atoms with Gasteiger partial charge in [0.25, 0.3) is 0 Å². The van der Waals surface area contributed by atoms with Crippen molar-refractivity contribution in [1.82, 2.24) is 5.32 Å². The van der Waals surface area contributed by atoms with Gasteiger partial charge in [-0.25, -0.2) is 0 Å². The Bertz CT molecular complexity index is 329. The predicted octanol–water partition coefficient (Wildman–Crippen LogP) is -0.639. The molecule has 1 heterocycles. The van der Waals surface area contributed by atoms with Gasteiger partial charge in [-0.1, -0.05) is 6.92 Å². The summed E-state index contributed by atoms with van der Waals surface area (Å²) in [6, 6.07) is -0.564. The second kappa shape index (κ2) is 5.77. The van der Waals surface area contributed by atoms with E-state index in [0.717, 1.165) is 0 Å². The highest BCUT2D eigenvalue weighted by Crippen LogP contribution is 2.10. The summed E-state index contributed by atoms with van der Waals surface area (Å²) in [6.45, 7) is 3.45. The van der Waals surface area contributed by atoms with E-state index in [9.17, 15) is 14.4 Å². The van der Waals surface area contributed by atoms with Crippen LogP contribution in [0.25, 0.3) is 0 Å². The number of ketones is 1. The Hall–Kier alpha value is -1.43.